The number of hydrogen-bond donors (Lipinski definition) is 1. The van der Waals surface area contributed by atoms with Crippen molar-refractivity contribution < 1.29 is 22.7 Å². The zero-order valence-electron chi connectivity index (χ0n) is 21.7. The number of amides is 2. The van der Waals surface area contributed by atoms with Gasteiger partial charge in [-0.25, -0.2) is 8.42 Å². The molecule has 0 fully saturated rings. The van der Waals surface area contributed by atoms with E-state index in [0.29, 0.717) is 11.4 Å². The fourth-order valence-electron chi connectivity index (χ4n) is 3.60. The Kier molecular flexibility index (Phi) is 9.71. The molecule has 35 heavy (non-hydrogen) atoms. The number of aryl methyl sites for hydroxylation is 2. The predicted molar refractivity (Wildman–Crippen MR) is 139 cm³/mol. The van der Waals surface area contributed by atoms with Crippen molar-refractivity contribution in [2.24, 2.45) is 0 Å². The van der Waals surface area contributed by atoms with Gasteiger partial charge in [0, 0.05) is 12.6 Å². The van der Waals surface area contributed by atoms with E-state index in [1.165, 1.54) is 4.90 Å². The summed E-state index contributed by atoms with van der Waals surface area (Å²) in [5.41, 5.74) is 2.81. The van der Waals surface area contributed by atoms with Crippen molar-refractivity contribution in [1.29, 1.82) is 0 Å². The number of sulfonamides is 1. The third kappa shape index (κ3) is 7.71. The molecule has 0 saturated heterocycles. The van der Waals surface area contributed by atoms with Crippen molar-refractivity contribution in [2.45, 2.75) is 59.7 Å². The average molecular weight is 504 g/mol. The highest BCUT2D eigenvalue weighted by Gasteiger charge is 2.31. The van der Waals surface area contributed by atoms with E-state index in [2.05, 4.69) is 5.32 Å². The van der Waals surface area contributed by atoms with Gasteiger partial charge in [0.1, 0.15) is 18.3 Å². The zero-order valence-corrected chi connectivity index (χ0v) is 22.5. The molecule has 0 saturated carbocycles. The van der Waals surface area contributed by atoms with Gasteiger partial charge in [-0.05, 0) is 69.0 Å². The summed E-state index contributed by atoms with van der Waals surface area (Å²) in [5, 5.41) is 2.92. The van der Waals surface area contributed by atoms with E-state index < -0.39 is 28.5 Å². The Labute approximate surface area is 209 Å². The van der Waals surface area contributed by atoms with Gasteiger partial charge in [0.05, 0.1) is 19.1 Å². The minimum Gasteiger partial charge on any atom is -0.497 e. The van der Waals surface area contributed by atoms with Crippen molar-refractivity contribution in [3.8, 4) is 5.75 Å². The smallest absolute Gasteiger partial charge is 0.244 e. The molecule has 0 spiro atoms. The van der Waals surface area contributed by atoms with Gasteiger partial charge < -0.3 is 15.0 Å². The Balaban J connectivity index is 2.44. The number of nitrogens with zero attached hydrogens (tertiary/aromatic N) is 2. The Morgan fingerprint density at radius 3 is 2.37 bits per heavy atom. The first-order valence-corrected chi connectivity index (χ1v) is 13.5. The minimum atomic E-state index is -3.77. The molecule has 9 heteroatoms. The van der Waals surface area contributed by atoms with Gasteiger partial charge >= 0.3 is 0 Å². The normalized spacial score (nSPS) is 13.0. The molecule has 192 valence electrons. The number of carbonyl (C=O) groups is 2. The number of hydrogen-bond acceptors (Lipinski definition) is 5. The lowest BCUT2D eigenvalue weighted by Gasteiger charge is -2.32. The molecule has 0 heterocycles. The highest BCUT2D eigenvalue weighted by atomic mass is 32.2. The standard InChI is InChI=1S/C26H37N3O5S/c1-8-20(4)27-26(31)21(5)28(16-22-10-9-11-23(15-22)34-6)25(30)17-29(35(7,32)33)24-14-18(2)12-13-19(24)3/h9-15,20-21H,8,16-17H2,1-7H3,(H,27,31)/t20-,21+/m0/s1. The first-order valence-electron chi connectivity index (χ1n) is 11.6. The van der Waals surface area contributed by atoms with Crippen LogP contribution in [0.4, 0.5) is 5.69 Å². The number of anilines is 1. The summed E-state index contributed by atoms with van der Waals surface area (Å²) in [6, 6.07) is 11.8. The highest BCUT2D eigenvalue weighted by molar-refractivity contribution is 7.92. The number of methoxy groups -OCH3 is 1. The van der Waals surface area contributed by atoms with Crippen LogP contribution in [0.15, 0.2) is 42.5 Å². The van der Waals surface area contributed by atoms with Crippen molar-refractivity contribution in [1.82, 2.24) is 10.2 Å². The second-order valence-corrected chi connectivity index (χ2v) is 10.8. The summed E-state index contributed by atoms with van der Waals surface area (Å²) in [5.74, 6) is -0.154. The molecule has 0 aliphatic rings. The fraction of sp³-hybridized carbons (Fsp3) is 0.462. The first-order chi connectivity index (χ1) is 16.4. The molecular formula is C26H37N3O5S. The van der Waals surface area contributed by atoms with Crippen LogP contribution in [0.25, 0.3) is 0 Å². The quantitative estimate of drug-likeness (QED) is 0.507. The van der Waals surface area contributed by atoms with E-state index in [1.54, 1.807) is 45.2 Å². The van der Waals surface area contributed by atoms with E-state index in [0.717, 1.165) is 33.7 Å². The van der Waals surface area contributed by atoms with Crippen molar-refractivity contribution >= 4 is 27.5 Å². The molecule has 0 aliphatic carbocycles. The summed E-state index contributed by atoms with van der Waals surface area (Å²) in [6.45, 7) is 8.87. The lowest BCUT2D eigenvalue weighted by atomic mass is 10.1. The summed E-state index contributed by atoms with van der Waals surface area (Å²) in [4.78, 5) is 28.0. The Bertz CT molecular complexity index is 1150. The monoisotopic (exact) mass is 503 g/mol. The minimum absolute atomic E-state index is 0.0545. The van der Waals surface area contributed by atoms with Crippen molar-refractivity contribution in [3.63, 3.8) is 0 Å². The maximum Gasteiger partial charge on any atom is 0.244 e. The maximum absolute atomic E-state index is 13.6. The Morgan fingerprint density at radius 2 is 1.77 bits per heavy atom. The molecule has 2 aromatic carbocycles. The fourth-order valence-corrected chi connectivity index (χ4v) is 4.50. The molecule has 1 N–H and O–H groups in total. The van der Waals surface area contributed by atoms with Crippen LogP contribution >= 0.6 is 0 Å². The maximum atomic E-state index is 13.6. The van der Waals surface area contributed by atoms with Crippen LogP contribution < -0.4 is 14.4 Å². The topological polar surface area (TPSA) is 96.0 Å². The summed E-state index contributed by atoms with van der Waals surface area (Å²) in [6.07, 6.45) is 1.82. The molecule has 2 atom stereocenters. The van der Waals surface area contributed by atoms with Crippen LogP contribution in [0.3, 0.4) is 0 Å². The van der Waals surface area contributed by atoms with Gasteiger partial charge in [0.2, 0.25) is 21.8 Å². The van der Waals surface area contributed by atoms with Crippen LogP contribution in [0.2, 0.25) is 0 Å². The third-order valence-electron chi connectivity index (χ3n) is 5.97. The molecule has 0 bridgehead atoms. The van der Waals surface area contributed by atoms with Crippen molar-refractivity contribution in [2.75, 3.05) is 24.2 Å². The van der Waals surface area contributed by atoms with Gasteiger partial charge in [0.25, 0.3) is 0 Å². The van der Waals surface area contributed by atoms with Crippen LogP contribution in [-0.4, -0.2) is 57.1 Å². The number of rotatable bonds is 11. The third-order valence-corrected chi connectivity index (χ3v) is 7.09. The van der Waals surface area contributed by atoms with Gasteiger partial charge in [-0.2, -0.15) is 0 Å². The molecule has 0 radical (unpaired) electrons. The predicted octanol–water partition coefficient (Wildman–Crippen LogP) is 3.41. The molecule has 0 aliphatic heterocycles. The number of carbonyl (C=O) groups excluding carboxylic acids is 2. The molecule has 2 amide bonds. The largest absolute Gasteiger partial charge is 0.497 e. The summed E-state index contributed by atoms with van der Waals surface area (Å²) < 4.78 is 31.9. The molecule has 0 unspecified atom stereocenters. The molecule has 2 rings (SSSR count). The van der Waals surface area contributed by atoms with Crippen LogP contribution in [0.5, 0.6) is 5.75 Å². The number of ether oxygens (including phenoxy) is 1. The van der Waals surface area contributed by atoms with E-state index in [4.69, 9.17) is 4.74 Å². The van der Waals surface area contributed by atoms with Crippen LogP contribution in [-0.2, 0) is 26.2 Å². The molecule has 0 aromatic heterocycles. The Morgan fingerprint density at radius 1 is 1.09 bits per heavy atom. The highest BCUT2D eigenvalue weighted by Crippen LogP contribution is 2.25. The zero-order chi connectivity index (χ0) is 26.3. The second kappa shape index (κ2) is 12.1. The van der Waals surface area contributed by atoms with Crippen LogP contribution in [0, 0.1) is 13.8 Å². The molecule has 2 aromatic rings. The van der Waals surface area contributed by atoms with Gasteiger partial charge in [-0.1, -0.05) is 31.2 Å². The second-order valence-electron chi connectivity index (χ2n) is 8.93. The summed E-state index contributed by atoms with van der Waals surface area (Å²) in [7, 11) is -2.22. The molecular weight excluding hydrogens is 466 g/mol. The van der Waals surface area contributed by atoms with E-state index in [-0.39, 0.29) is 18.5 Å². The SMILES string of the molecule is CC[C@H](C)NC(=O)[C@@H](C)N(Cc1cccc(OC)c1)C(=O)CN(c1cc(C)ccc1C)S(C)(=O)=O. The lowest BCUT2D eigenvalue weighted by Crippen LogP contribution is -2.52. The van der Waals surface area contributed by atoms with Gasteiger partial charge in [-0.15, -0.1) is 0 Å². The van der Waals surface area contributed by atoms with Crippen molar-refractivity contribution in [3.05, 3.63) is 59.2 Å². The summed E-state index contributed by atoms with van der Waals surface area (Å²) >= 11 is 0. The lowest BCUT2D eigenvalue weighted by molar-refractivity contribution is -0.139. The van der Waals surface area contributed by atoms with E-state index >= 15 is 0 Å². The van der Waals surface area contributed by atoms with E-state index in [9.17, 15) is 18.0 Å². The number of benzene rings is 2. The average Bonchev–Trinajstić information content (AvgIpc) is 2.81. The first kappa shape index (κ1) is 28.2. The number of nitrogens with one attached hydrogen (secondary N) is 1. The van der Waals surface area contributed by atoms with Gasteiger partial charge in [-0.3, -0.25) is 13.9 Å². The van der Waals surface area contributed by atoms with Crippen LogP contribution in [0.1, 0.15) is 43.9 Å². The van der Waals surface area contributed by atoms with E-state index in [1.807, 2.05) is 39.0 Å². The molecule has 8 nitrogen and oxygen atoms in total. The van der Waals surface area contributed by atoms with Gasteiger partial charge in [0.15, 0.2) is 0 Å². The Hall–Kier alpha value is -3.07.